The third kappa shape index (κ3) is 6.95. The zero-order valence-corrected chi connectivity index (χ0v) is 18.3. The molecule has 1 aliphatic rings. The first-order valence-corrected chi connectivity index (χ1v) is 11.2. The molecule has 1 saturated carbocycles. The first-order valence-electron chi connectivity index (χ1n) is 11.2. The Bertz CT molecular complexity index is 890. The van der Waals surface area contributed by atoms with Gasteiger partial charge in [-0.15, -0.1) is 13.2 Å². The lowest BCUT2D eigenvalue weighted by molar-refractivity contribution is -0.432. The molecule has 0 saturated heterocycles. The van der Waals surface area contributed by atoms with Crippen molar-refractivity contribution in [3.05, 3.63) is 70.3 Å². The van der Waals surface area contributed by atoms with Gasteiger partial charge in [0.2, 0.25) is 0 Å². The van der Waals surface area contributed by atoms with E-state index in [0.29, 0.717) is 24.5 Å². The van der Waals surface area contributed by atoms with Crippen LogP contribution in [0.4, 0.5) is 30.7 Å². The molecule has 0 heterocycles. The molecular formula is C25H27F7O. The Kier molecular flexibility index (Phi) is 8.08. The van der Waals surface area contributed by atoms with Crippen molar-refractivity contribution in [1.29, 1.82) is 0 Å². The van der Waals surface area contributed by atoms with Gasteiger partial charge in [0.1, 0.15) is 17.2 Å². The largest absolute Gasteiger partial charge is 0.527 e. The molecule has 0 bridgehead atoms. The first-order chi connectivity index (χ1) is 15.5. The van der Waals surface area contributed by atoms with Crippen LogP contribution in [0.15, 0.2) is 36.4 Å². The summed E-state index contributed by atoms with van der Waals surface area (Å²) < 4.78 is 94.3. The van der Waals surface area contributed by atoms with Crippen molar-refractivity contribution in [1.82, 2.24) is 0 Å². The second-order valence-corrected chi connectivity index (χ2v) is 8.75. The number of rotatable bonds is 8. The Labute approximate surface area is 188 Å². The maximum atomic E-state index is 14.1. The molecule has 0 aromatic heterocycles. The number of hydrogen-bond acceptors (Lipinski definition) is 1. The Morgan fingerprint density at radius 3 is 1.88 bits per heavy atom. The van der Waals surface area contributed by atoms with E-state index in [1.54, 1.807) is 0 Å². The zero-order chi connectivity index (χ0) is 24.2. The molecule has 3 rings (SSSR count). The lowest BCUT2D eigenvalue weighted by atomic mass is 9.77. The minimum absolute atomic E-state index is 0.0647. The summed E-state index contributed by atoms with van der Waals surface area (Å²) in [5.41, 5.74) is 0.188. The summed E-state index contributed by atoms with van der Waals surface area (Å²) in [6.45, 7) is 2.21. The highest BCUT2D eigenvalue weighted by atomic mass is 19.4. The lowest BCUT2D eigenvalue weighted by Crippen LogP contribution is -2.29. The maximum Gasteiger partial charge on any atom is 0.527 e. The van der Waals surface area contributed by atoms with E-state index in [2.05, 4.69) is 23.8 Å². The van der Waals surface area contributed by atoms with Crippen LogP contribution in [0.25, 0.3) is 0 Å². The molecule has 182 valence electrons. The molecule has 0 N–H and O–H groups in total. The molecule has 1 fully saturated rings. The smallest absolute Gasteiger partial charge is 0.222 e. The van der Waals surface area contributed by atoms with Crippen molar-refractivity contribution >= 4 is 0 Å². The van der Waals surface area contributed by atoms with Gasteiger partial charge in [-0.3, -0.25) is 0 Å². The predicted molar refractivity (Wildman–Crippen MR) is 111 cm³/mol. The van der Waals surface area contributed by atoms with Gasteiger partial charge in [-0.1, -0.05) is 44.0 Å². The molecule has 0 radical (unpaired) electrons. The third-order valence-corrected chi connectivity index (χ3v) is 6.33. The topological polar surface area (TPSA) is 9.23 Å². The van der Waals surface area contributed by atoms with Crippen LogP contribution < -0.4 is 0 Å². The molecule has 1 aliphatic carbocycles. The third-order valence-electron chi connectivity index (χ3n) is 6.33. The fourth-order valence-electron chi connectivity index (χ4n) is 4.68. The summed E-state index contributed by atoms with van der Waals surface area (Å²) >= 11 is 0. The van der Waals surface area contributed by atoms with Crippen molar-refractivity contribution in [3.63, 3.8) is 0 Å². The Morgan fingerprint density at radius 2 is 1.36 bits per heavy atom. The second kappa shape index (κ2) is 10.5. The van der Waals surface area contributed by atoms with Crippen molar-refractivity contribution in [2.45, 2.75) is 76.7 Å². The van der Waals surface area contributed by atoms with Gasteiger partial charge < -0.3 is 0 Å². The molecule has 2 aromatic rings. The van der Waals surface area contributed by atoms with Crippen LogP contribution in [0.3, 0.4) is 0 Å². The minimum Gasteiger partial charge on any atom is -0.222 e. The predicted octanol–water partition coefficient (Wildman–Crippen LogP) is 8.41. The summed E-state index contributed by atoms with van der Waals surface area (Å²) in [6.07, 6.45) is -3.09. The van der Waals surface area contributed by atoms with Gasteiger partial charge in [0.15, 0.2) is 0 Å². The van der Waals surface area contributed by atoms with Gasteiger partial charge in [-0.05, 0) is 79.2 Å². The highest BCUT2D eigenvalue weighted by Gasteiger charge is 2.49. The average Bonchev–Trinajstić information content (AvgIpc) is 2.71. The number of ether oxygens (including phenoxy) is 1. The van der Waals surface area contributed by atoms with Crippen LogP contribution in [0.1, 0.15) is 73.6 Å². The molecule has 1 nitrogen and oxygen atoms in total. The van der Waals surface area contributed by atoms with Gasteiger partial charge in [-0.25, -0.2) is 13.5 Å². The van der Waals surface area contributed by atoms with Crippen LogP contribution in [0.2, 0.25) is 0 Å². The van der Waals surface area contributed by atoms with Crippen LogP contribution in [0.5, 0.6) is 0 Å². The van der Waals surface area contributed by atoms with Crippen molar-refractivity contribution in [3.8, 4) is 0 Å². The molecule has 8 heteroatoms. The molecule has 0 amide bonds. The van der Waals surface area contributed by atoms with E-state index in [1.165, 1.54) is 31.2 Å². The van der Waals surface area contributed by atoms with Gasteiger partial charge in [-0.2, -0.15) is 8.78 Å². The number of benzene rings is 2. The van der Waals surface area contributed by atoms with E-state index in [-0.39, 0.29) is 12.0 Å². The number of hydrogen-bond donors (Lipinski definition) is 0. The zero-order valence-electron chi connectivity index (χ0n) is 18.3. The maximum absolute atomic E-state index is 14.1. The van der Waals surface area contributed by atoms with E-state index >= 15 is 0 Å². The standard InChI is InChI=1S/C25H27F7O/c1-2-3-16-6-10-19(11-7-16)20-12-8-17(9-13-20)4-5-18-14-21(26)23(22(27)15-18)24(28,29)33-25(30,31)32/h8-9,12-16,19H,2-7,10-11H2,1H3. The molecule has 33 heavy (non-hydrogen) atoms. The first kappa shape index (κ1) is 25.5. The van der Waals surface area contributed by atoms with Gasteiger partial charge in [0, 0.05) is 0 Å². The van der Waals surface area contributed by atoms with Crippen LogP contribution in [0, 0.1) is 17.6 Å². The number of alkyl halides is 5. The molecular weight excluding hydrogens is 449 g/mol. The van der Waals surface area contributed by atoms with Crippen molar-refractivity contribution in [2.75, 3.05) is 0 Å². The Hall–Kier alpha value is -2.09. The van der Waals surface area contributed by atoms with Crippen LogP contribution in [-0.4, -0.2) is 6.36 Å². The highest BCUT2D eigenvalue weighted by molar-refractivity contribution is 5.30. The quantitative estimate of drug-likeness (QED) is 0.348. The van der Waals surface area contributed by atoms with Crippen LogP contribution >= 0.6 is 0 Å². The summed E-state index contributed by atoms with van der Waals surface area (Å²) in [5.74, 6) is -2.22. The summed E-state index contributed by atoms with van der Waals surface area (Å²) in [7, 11) is 0. The number of aryl methyl sites for hydroxylation is 2. The van der Waals surface area contributed by atoms with Gasteiger partial charge in [0.05, 0.1) is 0 Å². The highest BCUT2D eigenvalue weighted by Crippen LogP contribution is 2.39. The van der Waals surface area contributed by atoms with Gasteiger partial charge >= 0.3 is 12.5 Å². The van der Waals surface area contributed by atoms with E-state index in [1.807, 2.05) is 12.1 Å². The lowest BCUT2D eigenvalue weighted by Gasteiger charge is -2.28. The Morgan fingerprint density at radius 1 is 0.818 bits per heavy atom. The molecule has 0 aliphatic heterocycles. The fraction of sp³-hybridized carbons (Fsp3) is 0.520. The Balaban J connectivity index is 1.61. The molecule has 2 aromatic carbocycles. The van der Waals surface area contributed by atoms with E-state index < -0.39 is 29.7 Å². The summed E-state index contributed by atoms with van der Waals surface area (Å²) in [4.78, 5) is 0. The minimum atomic E-state index is -5.75. The monoisotopic (exact) mass is 476 g/mol. The van der Waals surface area contributed by atoms with E-state index in [9.17, 15) is 30.7 Å². The molecule has 0 spiro atoms. The van der Waals surface area contributed by atoms with E-state index in [4.69, 9.17) is 0 Å². The molecule has 0 unspecified atom stereocenters. The second-order valence-electron chi connectivity index (χ2n) is 8.75. The summed E-state index contributed by atoms with van der Waals surface area (Å²) in [6, 6.07) is 9.24. The normalized spacial score (nSPS) is 19.6. The van der Waals surface area contributed by atoms with Crippen molar-refractivity contribution in [2.24, 2.45) is 5.92 Å². The van der Waals surface area contributed by atoms with Crippen LogP contribution in [-0.2, 0) is 23.7 Å². The molecule has 0 atom stereocenters. The van der Waals surface area contributed by atoms with Crippen molar-refractivity contribution < 1.29 is 35.5 Å². The van der Waals surface area contributed by atoms with E-state index in [0.717, 1.165) is 24.3 Å². The summed E-state index contributed by atoms with van der Waals surface area (Å²) in [5, 5.41) is 0. The fourth-order valence-corrected chi connectivity index (χ4v) is 4.68. The number of halogens is 7. The SMILES string of the molecule is CCCC1CCC(c2ccc(CCc3cc(F)c(C(F)(F)OC(F)(F)F)c(F)c3)cc2)CC1. The van der Waals surface area contributed by atoms with Gasteiger partial charge in [0.25, 0.3) is 0 Å². The average molecular weight is 476 g/mol.